The maximum Gasteiger partial charge on any atom is 0.324 e. The van der Waals surface area contributed by atoms with Crippen LogP contribution >= 0.6 is 0 Å². The summed E-state index contributed by atoms with van der Waals surface area (Å²) in [5.41, 5.74) is 5.79. The van der Waals surface area contributed by atoms with Crippen LogP contribution in [0.1, 0.15) is 12.7 Å². The zero-order valence-electron chi connectivity index (χ0n) is 10.0. The molecule has 0 saturated heterocycles. The van der Waals surface area contributed by atoms with Crippen LogP contribution in [0.25, 0.3) is 0 Å². The molecule has 0 amide bonds. The highest BCUT2D eigenvalue weighted by molar-refractivity contribution is 5.75. The minimum Gasteiger partial charge on any atom is -0.465 e. The number of nitrogens with zero attached hydrogens (tertiary/aromatic N) is 3. The molecule has 1 aromatic heterocycles. The Kier molecular flexibility index (Phi) is 3.75. The summed E-state index contributed by atoms with van der Waals surface area (Å²) < 4.78 is 7.01. The van der Waals surface area contributed by atoms with Gasteiger partial charge >= 0.3 is 5.97 Å². The normalized spacial score (nSPS) is 17.5. The van der Waals surface area contributed by atoms with Gasteiger partial charge in [-0.25, -0.2) is 4.98 Å². The van der Waals surface area contributed by atoms with Gasteiger partial charge in [-0.15, -0.1) is 0 Å². The van der Waals surface area contributed by atoms with E-state index in [-0.39, 0.29) is 5.97 Å². The number of rotatable bonds is 4. The van der Waals surface area contributed by atoms with E-state index in [1.807, 2.05) is 6.20 Å². The summed E-state index contributed by atoms with van der Waals surface area (Å²) in [6.45, 7) is 5.19. The predicted molar refractivity (Wildman–Crippen MR) is 62.1 cm³/mol. The second-order valence-electron chi connectivity index (χ2n) is 4.13. The van der Waals surface area contributed by atoms with Crippen LogP contribution in [-0.4, -0.2) is 46.2 Å². The first-order chi connectivity index (χ1) is 8.20. The fraction of sp³-hybridized carbons (Fsp3) is 0.636. The first-order valence-corrected chi connectivity index (χ1v) is 5.85. The third-order valence-electron chi connectivity index (χ3n) is 2.87. The van der Waals surface area contributed by atoms with Crippen LogP contribution < -0.4 is 5.73 Å². The molecule has 1 aromatic rings. The fourth-order valence-corrected chi connectivity index (χ4v) is 1.98. The molecular weight excluding hydrogens is 220 g/mol. The summed E-state index contributed by atoms with van der Waals surface area (Å²) in [6, 6.07) is -0.573. The van der Waals surface area contributed by atoms with E-state index in [1.54, 1.807) is 13.1 Å². The average molecular weight is 238 g/mol. The molecule has 1 atom stereocenters. The molecule has 1 aliphatic rings. The summed E-state index contributed by atoms with van der Waals surface area (Å²) >= 11 is 0. The number of carbonyl (C=O) groups excluding carboxylic acids is 1. The van der Waals surface area contributed by atoms with Gasteiger partial charge < -0.3 is 15.0 Å². The van der Waals surface area contributed by atoms with Crippen LogP contribution in [-0.2, 0) is 22.6 Å². The SMILES string of the molecule is CCOC(=O)C(N)CN1CCn2ccnc2C1. The van der Waals surface area contributed by atoms with E-state index in [1.165, 1.54) is 0 Å². The third-order valence-corrected chi connectivity index (χ3v) is 2.87. The molecule has 2 rings (SSSR count). The number of imidazole rings is 1. The van der Waals surface area contributed by atoms with Gasteiger partial charge in [0.1, 0.15) is 11.9 Å². The van der Waals surface area contributed by atoms with Crippen molar-refractivity contribution in [2.75, 3.05) is 19.7 Å². The molecule has 0 aliphatic carbocycles. The van der Waals surface area contributed by atoms with Crippen molar-refractivity contribution in [2.24, 2.45) is 5.73 Å². The largest absolute Gasteiger partial charge is 0.465 e. The first-order valence-electron chi connectivity index (χ1n) is 5.85. The Morgan fingerprint density at radius 3 is 3.24 bits per heavy atom. The molecule has 2 heterocycles. The fourth-order valence-electron chi connectivity index (χ4n) is 1.98. The molecular formula is C11H18N4O2. The van der Waals surface area contributed by atoms with Gasteiger partial charge in [-0.3, -0.25) is 9.69 Å². The van der Waals surface area contributed by atoms with E-state index in [9.17, 15) is 4.79 Å². The van der Waals surface area contributed by atoms with Gasteiger partial charge in [0, 0.05) is 32.0 Å². The van der Waals surface area contributed by atoms with Crippen molar-refractivity contribution < 1.29 is 9.53 Å². The summed E-state index contributed by atoms with van der Waals surface area (Å²) in [7, 11) is 0. The van der Waals surface area contributed by atoms with Crippen molar-refractivity contribution in [3.8, 4) is 0 Å². The molecule has 17 heavy (non-hydrogen) atoms. The minimum absolute atomic E-state index is 0.332. The maximum atomic E-state index is 11.4. The summed E-state index contributed by atoms with van der Waals surface area (Å²) in [5.74, 6) is 0.689. The Balaban J connectivity index is 1.87. The van der Waals surface area contributed by atoms with E-state index in [0.717, 1.165) is 25.5 Å². The highest BCUT2D eigenvalue weighted by Gasteiger charge is 2.22. The van der Waals surface area contributed by atoms with E-state index in [2.05, 4.69) is 14.5 Å². The molecule has 0 saturated carbocycles. The Morgan fingerprint density at radius 1 is 1.65 bits per heavy atom. The molecule has 0 spiro atoms. The third kappa shape index (κ3) is 2.83. The number of hydrogen-bond donors (Lipinski definition) is 1. The standard InChI is InChI=1S/C11H18N4O2/c1-2-17-11(16)9(12)7-14-5-6-15-4-3-13-10(15)8-14/h3-4,9H,2,5-8,12H2,1H3. The number of carbonyl (C=O) groups is 1. The number of ether oxygens (including phenoxy) is 1. The molecule has 6 nitrogen and oxygen atoms in total. The molecule has 1 aliphatic heterocycles. The van der Waals surface area contributed by atoms with E-state index >= 15 is 0 Å². The molecule has 2 N–H and O–H groups in total. The lowest BCUT2D eigenvalue weighted by molar-refractivity contribution is -0.145. The molecule has 0 aromatic carbocycles. The first kappa shape index (κ1) is 12.1. The highest BCUT2D eigenvalue weighted by Crippen LogP contribution is 2.10. The lowest BCUT2D eigenvalue weighted by atomic mass is 10.2. The van der Waals surface area contributed by atoms with Crippen LogP contribution in [0.2, 0.25) is 0 Å². The van der Waals surface area contributed by atoms with E-state index in [0.29, 0.717) is 13.2 Å². The van der Waals surface area contributed by atoms with Crippen molar-refractivity contribution in [3.05, 3.63) is 18.2 Å². The van der Waals surface area contributed by atoms with Crippen molar-refractivity contribution in [1.29, 1.82) is 0 Å². The van der Waals surface area contributed by atoms with Crippen LogP contribution in [0.3, 0.4) is 0 Å². The molecule has 0 bridgehead atoms. The van der Waals surface area contributed by atoms with Gasteiger partial charge in [0.05, 0.1) is 13.2 Å². The van der Waals surface area contributed by atoms with Gasteiger partial charge in [-0.2, -0.15) is 0 Å². The van der Waals surface area contributed by atoms with Crippen molar-refractivity contribution >= 4 is 5.97 Å². The molecule has 6 heteroatoms. The second kappa shape index (κ2) is 5.29. The Bertz CT molecular complexity index is 391. The van der Waals surface area contributed by atoms with Crippen LogP contribution in [0.4, 0.5) is 0 Å². The topological polar surface area (TPSA) is 73.4 Å². The zero-order chi connectivity index (χ0) is 12.3. The number of esters is 1. The quantitative estimate of drug-likeness (QED) is 0.722. The highest BCUT2D eigenvalue weighted by atomic mass is 16.5. The Morgan fingerprint density at radius 2 is 2.47 bits per heavy atom. The zero-order valence-corrected chi connectivity index (χ0v) is 10.0. The monoisotopic (exact) mass is 238 g/mol. The molecule has 94 valence electrons. The smallest absolute Gasteiger partial charge is 0.324 e. The Hall–Kier alpha value is -1.40. The van der Waals surface area contributed by atoms with E-state index in [4.69, 9.17) is 10.5 Å². The van der Waals surface area contributed by atoms with Crippen molar-refractivity contribution in [3.63, 3.8) is 0 Å². The number of nitrogens with two attached hydrogens (primary N) is 1. The summed E-state index contributed by atoms with van der Waals surface area (Å²) in [6.07, 6.45) is 3.77. The van der Waals surface area contributed by atoms with Crippen LogP contribution in [0, 0.1) is 0 Å². The lowest BCUT2D eigenvalue weighted by Crippen LogP contribution is -2.46. The van der Waals surface area contributed by atoms with Gasteiger partial charge in [0.25, 0.3) is 0 Å². The predicted octanol–water partition coefficient (Wildman–Crippen LogP) is -0.411. The van der Waals surface area contributed by atoms with E-state index < -0.39 is 6.04 Å². The molecule has 0 radical (unpaired) electrons. The minimum atomic E-state index is -0.573. The summed E-state index contributed by atoms with van der Waals surface area (Å²) in [4.78, 5) is 17.8. The van der Waals surface area contributed by atoms with Gasteiger partial charge in [-0.1, -0.05) is 0 Å². The lowest BCUT2D eigenvalue weighted by Gasteiger charge is -2.28. The Labute approximate surface area is 100 Å². The number of hydrogen-bond acceptors (Lipinski definition) is 5. The molecule has 0 fully saturated rings. The van der Waals surface area contributed by atoms with Crippen LogP contribution in [0.15, 0.2) is 12.4 Å². The number of fused-ring (bicyclic) bond motifs is 1. The van der Waals surface area contributed by atoms with Crippen LogP contribution in [0.5, 0.6) is 0 Å². The maximum absolute atomic E-state index is 11.4. The van der Waals surface area contributed by atoms with Gasteiger partial charge in [-0.05, 0) is 6.92 Å². The van der Waals surface area contributed by atoms with Gasteiger partial charge in [0.2, 0.25) is 0 Å². The number of aromatic nitrogens is 2. The average Bonchev–Trinajstić information content (AvgIpc) is 2.76. The van der Waals surface area contributed by atoms with Crippen molar-refractivity contribution in [2.45, 2.75) is 26.1 Å². The molecule has 1 unspecified atom stereocenters. The van der Waals surface area contributed by atoms with Crippen molar-refractivity contribution in [1.82, 2.24) is 14.5 Å². The second-order valence-corrected chi connectivity index (χ2v) is 4.13. The van der Waals surface area contributed by atoms with Gasteiger partial charge in [0.15, 0.2) is 0 Å². The summed E-state index contributed by atoms with van der Waals surface area (Å²) in [5, 5.41) is 0.